The molecule has 2 bridgehead atoms. The molecule has 7 heteroatoms. The molecule has 0 aromatic carbocycles. The average molecular weight is 396 g/mol. The Labute approximate surface area is 171 Å². The molecule has 0 unspecified atom stereocenters. The monoisotopic (exact) mass is 396 g/mol. The Bertz CT molecular complexity index is 834. The maximum atomic E-state index is 13.4. The van der Waals surface area contributed by atoms with Crippen molar-refractivity contribution in [3.8, 4) is 0 Å². The first-order valence-electron chi connectivity index (χ1n) is 10.6. The second kappa shape index (κ2) is 6.92. The molecule has 0 saturated carbocycles. The van der Waals surface area contributed by atoms with Gasteiger partial charge in [0.25, 0.3) is 0 Å². The zero-order chi connectivity index (χ0) is 20.2. The van der Waals surface area contributed by atoms with Gasteiger partial charge in [-0.1, -0.05) is 18.2 Å². The van der Waals surface area contributed by atoms with Gasteiger partial charge in [-0.25, -0.2) is 0 Å². The van der Waals surface area contributed by atoms with E-state index < -0.39 is 11.5 Å². The highest BCUT2D eigenvalue weighted by Gasteiger charge is 2.67. The number of hydrogen-bond acceptors (Lipinski definition) is 5. The summed E-state index contributed by atoms with van der Waals surface area (Å²) in [5, 5.41) is 0. The summed E-state index contributed by atoms with van der Waals surface area (Å²) in [5.74, 6) is -0.626. The maximum absolute atomic E-state index is 13.4. The second-order valence-electron chi connectivity index (χ2n) is 8.88. The number of hydrogen-bond donors (Lipinski definition) is 0. The molecule has 4 atom stereocenters. The van der Waals surface area contributed by atoms with Gasteiger partial charge in [0.1, 0.15) is 5.60 Å². The van der Waals surface area contributed by atoms with Gasteiger partial charge in [-0.3, -0.25) is 19.5 Å². The lowest BCUT2D eigenvalue weighted by molar-refractivity contribution is -0.145. The standard InChI is InChI=1S/C22H28N4O3/c1-15(2)26-14-22-7-6-17(29-22)18(19(22)21(26)28)20(27)25-11-9-24(10-12-25)13-16-5-3-4-8-23-16/h3-8,15,17-19H,9-14H2,1-2H3/t17-,18-,19-,22-/m1/s1. The highest BCUT2D eigenvalue weighted by atomic mass is 16.5. The van der Waals surface area contributed by atoms with Crippen molar-refractivity contribution in [2.45, 2.75) is 38.1 Å². The van der Waals surface area contributed by atoms with Gasteiger partial charge in [-0.05, 0) is 26.0 Å². The molecule has 0 aliphatic carbocycles. The Hall–Kier alpha value is -2.25. The quantitative estimate of drug-likeness (QED) is 0.708. The Morgan fingerprint density at radius 1 is 1.28 bits per heavy atom. The van der Waals surface area contributed by atoms with Crippen LogP contribution in [0, 0.1) is 11.8 Å². The number of piperazine rings is 1. The van der Waals surface area contributed by atoms with Crippen molar-refractivity contribution in [2.24, 2.45) is 11.8 Å². The van der Waals surface area contributed by atoms with E-state index in [1.165, 1.54) is 0 Å². The molecule has 29 heavy (non-hydrogen) atoms. The first kappa shape index (κ1) is 18.8. The molecule has 154 valence electrons. The normalized spacial score (nSPS) is 33.8. The van der Waals surface area contributed by atoms with Crippen LogP contribution in [0.1, 0.15) is 19.5 Å². The summed E-state index contributed by atoms with van der Waals surface area (Å²) in [6.07, 6.45) is 5.56. The third-order valence-corrected chi connectivity index (χ3v) is 6.83. The molecular formula is C22H28N4O3. The summed E-state index contributed by atoms with van der Waals surface area (Å²) in [6, 6.07) is 6.06. The lowest BCUT2D eigenvalue weighted by Crippen LogP contribution is -2.53. The van der Waals surface area contributed by atoms with Crippen molar-refractivity contribution in [1.29, 1.82) is 0 Å². The van der Waals surface area contributed by atoms with E-state index in [2.05, 4.69) is 9.88 Å². The molecule has 1 spiro atoms. The van der Waals surface area contributed by atoms with E-state index in [1.807, 2.05) is 60.2 Å². The van der Waals surface area contributed by atoms with E-state index >= 15 is 0 Å². The predicted octanol–water partition coefficient (Wildman–Crippen LogP) is 0.916. The SMILES string of the molecule is CC(C)N1C[C@@]23C=C[C@@H](O2)[C@@H](C(=O)N2CCN(Cc4ccccn4)CC2)[C@@H]3C1=O. The van der Waals surface area contributed by atoms with E-state index in [0.717, 1.165) is 25.3 Å². The van der Waals surface area contributed by atoms with Crippen LogP contribution in [0.3, 0.4) is 0 Å². The summed E-state index contributed by atoms with van der Waals surface area (Å²) in [5.41, 5.74) is 0.443. The summed E-state index contributed by atoms with van der Waals surface area (Å²) in [4.78, 5) is 37.0. The predicted molar refractivity (Wildman–Crippen MR) is 107 cm³/mol. The van der Waals surface area contributed by atoms with Gasteiger partial charge in [0.15, 0.2) is 0 Å². The molecule has 0 N–H and O–H groups in total. The van der Waals surface area contributed by atoms with Gasteiger partial charge in [0, 0.05) is 45.0 Å². The number of rotatable bonds is 4. The number of likely N-dealkylation sites (tertiary alicyclic amines) is 1. The van der Waals surface area contributed by atoms with Crippen LogP contribution in [0.5, 0.6) is 0 Å². The van der Waals surface area contributed by atoms with Crippen LogP contribution in [0.2, 0.25) is 0 Å². The van der Waals surface area contributed by atoms with Gasteiger partial charge in [-0.15, -0.1) is 0 Å². The minimum absolute atomic E-state index is 0.0685. The lowest BCUT2D eigenvalue weighted by atomic mass is 9.76. The summed E-state index contributed by atoms with van der Waals surface area (Å²) < 4.78 is 6.22. The second-order valence-corrected chi connectivity index (χ2v) is 8.88. The van der Waals surface area contributed by atoms with E-state index in [1.54, 1.807) is 0 Å². The number of nitrogens with zero attached hydrogens (tertiary/aromatic N) is 4. The molecule has 3 fully saturated rings. The van der Waals surface area contributed by atoms with Gasteiger partial charge < -0.3 is 14.5 Å². The van der Waals surface area contributed by atoms with Crippen LogP contribution >= 0.6 is 0 Å². The Morgan fingerprint density at radius 2 is 2.07 bits per heavy atom. The van der Waals surface area contributed by atoms with E-state index in [0.29, 0.717) is 19.6 Å². The van der Waals surface area contributed by atoms with E-state index in [4.69, 9.17) is 4.74 Å². The van der Waals surface area contributed by atoms with Crippen molar-refractivity contribution in [3.63, 3.8) is 0 Å². The first-order chi connectivity index (χ1) is 14.0. The molecule has 1 aromatic rings. The van der Waals surface area contributed by atoms with Crippen molar-refractivity contribution in [2.75, 3.05) is 32.7 Å². The van der Waals surface area contributed by atoms with Crippen molar-refractivity contribution >= 4 is 11.8 Å². The van der Waals surface area contributed by atoms with Gasteiger partial charge in [-0.2, -0.15) is 0 Å². The Morgan fingerprint density at radius 3 is 2.76 bits per heavy atom. The minimum Gasteiger partial charge on any atom is -0.360 e. The molecule has 1 aromatic heterocycles. The molecule has 4 aliphatic rings. The van der Waals surface area contributed by atoms with E-state index in [-0.39, 0.29) is 29.9 Å². The molecule has 5 rings (SSSR count). The fourth-order valence-corrected chi connectivity index (χ4v) is 5.31. The number of carbonyl (C=O) groups excluding carboxylic acids is 2. The fourth-order valence-electron chi connectivity index (χ4n) is 5.31. The maximum Gasteiger partial charge on any atom is 0.230 e. The first-order valence-corrected chi connectivity index (χ1v) is 10.6. The van der Waals surface area contributed by atoms with Crippen LogP contribution in [0.25, 0.3) is 0 Å². The third-order valence-electron chi connectivity index (χ3n) is 6.83. The van der Waals surface area contributed by atoms with Crippen LogP contribution in [0.15, 0.2) is 36.5 Å². The van der Waals surface area contributed by atoms with Gasteiger partial charge in [0.2, 0.25) is 11.8 Å². The summed E-state index contributed by atoms with van der Waals surface area (Å²) in [7, 11) is 0. The fraction of sp³-hybridized carbons (Fsp3) is 0.591. The van der Waals surface area contributed by atoms with Crippen LogP contribution in [-0.4, -0.2) is 82.0 Å². The largest absolute Gasteiger partial charge is 0.360 e. The molecule has 2 amide bonds. The third kappa shape index (κ3) is 2.99. The molecule has 4 aliphatic heterocycles. The molecule has 7 nitrogen and oxygen atoms in total. The van der Waals surface area contributed by atoms with Crippen LogP contribution in [-0.2, 0) is 20.9 Å². The van der Waals surface area contributed by atoms with E-state index in [9.17, 15) is 9.59 Å². The number of pyridine rings is 1. The van der Waals surface area contributed by atoms with Crippen molar-refractivity contribution in [3.05, 3.63) is 42.2 Å². The summed E-state index contributed by atoms with van der Waals surface area (Å²) in [6.45, 7) is 8.39. The van der Waals surface area contributed by atoms with Gasteiger partial charge >= 0.3 is 0 Å². The number of amides is 2. The highest BCUT2D eigenvalue weighted by molar-refractivity contribution is 5.93. The summed E-state index contributed by atoms with van der Waals surface area (Å²) >= 11 is 0. The minimum atomic E-state index is -0.604. The Balaban J connectivity index is 1.26. The number of ether oxygens (including phenoxy) is 1. The number of fused-ring (bicyclic) bond motifs is 1. The van der Waals surface area contributed by atoms with Crippen molar-refractivity contribution < 1.29 is 14.3 Å². The zero-order valence-electron chi connectivity index (χ0n) is 17.0. The molecule has 3 saturated heterocycles. The lowest BCUT2D eigenvalue weighted by Gasteiger charge is -2.37. The average Bonchev–Trinajstić information content (AvgIpc) is 3.37. The van der Waals surface area contributed by atoms with Crippen molar-refractivity contribution in [1.82, 2.24) is 19.7 Å². The topological polar surface area (TPSA) is 66.0 Å². The molecular weight excluding hydrogens is 368 g/mol. The van der Waals surface area contributed by atoms with Crippen LogP contribution in [0.4, 0.5) is 0 Å². The zero-order valence-corrected chi connectivity index (χ0v) is 17.0. The smallest absolute Gasteiger partial charge is 0.230 e. The number of carbonyl (C=O) groups is 2. The molecule has 5 heterocycles. The van der Waals surface area contributed by atoms with Gasteiger partial charge in [0.05, 0.1) is 30.2 Å². The molecule has 0 radical (unpaired) electrons. The van der Waals surface area contributed by atoms with Crippen LogP contribution < -0.4 is 0 Å². The number of aromatic nitrogens is 1. The Kier molecular flexibility index (Phi) is 4.47. The highest BCUT2D eigenvalue weighted by Crippen LogP contribution is 2.52.